The maximum absolute atomic E-state index is 12.5. The van der Waals surface area contributed by atoms with Crippen LogP contribution < -0.4 is 5.56 Å². The van der Waals surface area contributed by atoms with Gasteiger partial charge in [-0.05, 0) is 45.1 Å². The number of carbonyl (C=O) groups is 2. The number of aromatic amines is 1. The molecule has 2 heterocycles. The lowest BCUT2D eigenvalue weighted by atomic mass is 10.1. The van der Waals surface area contributed by atoms with Crippen LogP contribution in [0.4, 0.5) is 0 Å². The van der Waals surface area contributed by atoms with Gasteiger partial charge in [-0.2, -0.15) is 0 Å². The van der Waals surface area contributed by atoms with E-state index >= 15 is 0 Å². The fraction of sp³-hybridized carbons (Fsp3) is 0.474. The largest absolute Gasteiger partial charge is 0.462 e. The van der Waals surface area contributed by atoms with Crippen LogP contribution in [0, 0.1) is 12.8 Å². The summed E-state index contributed by atoms with van der Waals surface area (Å²) in [5.41, 5.74) is 0.187. The maximum atomic E-state index is 12.5. The van der Waals surface area contributed by atoms with Gasteiger partial charge in [-0.15, -0.1) is 11.3 Å². The van der Waals surface area contributed by atoms with E-state index in [9.17, 15) is 14.4 Å². The molecule has 0 saturated heterocycles. The first-order valence-electron chi connectivity index (χ1n) is 8.97. The molecule has 0 spiro atoms. The van der Waals surface area contributed by atoms with E-state index in [4.69, 9.17) is 9.47 Å². The number of nitrogens with one attached hydrogen (secondary N) is 1. The molecule has 0 saturated carbocycles. The van der Waals surface area contributed by atoms with Crippen LogP contribution in [0.1, 0.15) is 60.3 Å². The van der Waals surface area contributed by atoms with Gasteiger partial charge < -0.3 is 14.5 Å². The van der Waals surface area contributed by atoms with Gasteiger partial charge in [0.1, 0.15) is 9.71 Å². The third-order valence-corrected chi connectivity index (χ3v) is 5.68. The van der Waals surface area contributed by atoms with E-state index in [0.29, 0.717) is 27.1 Å². The minimum absolute atomic E-state index is 0.214. The Kier molecular flexibility index (Phi) is 5.74. The van der Waals surface area contributed by atoms with Gasteiger partial charge in [0.2, 0.25) is 0 Å². The first-order chi connectivity index (χ1) is 12.9. The summed E-state index contributed by atoms with van der Waals surface area (Å²) in [4.78, 5) is 44.5. The Hall–Kier alpha value is -2.48. The summed E-state index contributed by atoms with van der Waals surface area (Å²) in [5, 5.41) is 0.362. The van der Waals surface area contributed by atoms with Crippen molar-refractivity contribution in [2.45, 2.75) is 46.1 Å². The Morgan fingerprint density at radius 2 is 2.22 bits per heavy atom. The standard InChI is InChI=1S/C19H22N2O5S/c1-4-25-19(24)15-10(2)14-17(23)20-16(21-18(14)27-15)11(3)26-13(22)9-12-7-5-6-8-12/h5,7,11-12H,4,6,8-9H2,1-3H3,(H,20,21,23)/t11-,12+/m1/s1. The summed E-state index contributed by atoms with van der Waals surface area (Å²) in [6, 6.07) is 0. The lowest BCUT2D eigenvalue weighted by molar-refractivity contribution is -0.149. The lowest BCUT2D eigenvalue weighted by Gasteiger charge is -2.14. The van der Waals surface area contributed by atoms with Crippen molar-refractivity contribution in [3.63, 3.8) is 0 Å². The van der Waals surface area contributed by atoms with Crippen molar-refractivity contribution >= 4 is 33.5 Å². The molecule has 1 aliphatic carbocycles. The van der Waals surface area contributed by atoms with Crippen LogP contribution in [0.3, 0.4) is 0 Å². The summed E-state index contributed by atoms with van der Waals surface area (Å²) in [5.74, 6) is -0.315. The first-order valence-corrected chi connectivity index (χ1v) is 9.79. The van der Waals surface area contributed by atoms with Crippen molar-refractivity contribution in [2.24, 2.45) is 5.92 Å². The summed E-state index contributed by atoms with van der Waals surface area (Å²) >= 11 is 1.11. The molecule has 1 N–H and O–H groups in total. The molecule has 0 aliphatic heterocycles. The number of nitrogens with zero attached hydrogens (tertiary/aromatic N) is 1. The number of H-pyrrole nitrogens is 1. The molecule has 0 amide bonds. The van der Waals surface area contributed by atoms with Crippen LogP contribution in [0.5, 0.6) is 0 Å². The molecule has 144 valence electrons. The van der Waals surface area contributed by atoms with Crippen LogP contribution in [-0.4, -0.2) is 28.5 Å². The van der Waals surface area contributed by atoms with E-state index in [1.807, 2.05) is 6.08 Å². The highest BCUT2D eigenvalue weighted by atomic mass is 32.1. The summed E-state index contributed by atoms with van der Waals surface area (Å²) < 4.78 is 10.5. The average molecular weight is 390 g/mol. The van der Waals surface area contributed by atoms with Gasteiger partial charge in [0.15, 0.2) is 11.9 Å². The van der Waals surface area contributed by atoms with Crippen molar-refractivity contribution in [1.82, 2.24) is 9.97 Å². The number of thiophene rings is 1. The van der Waals surface area contributed by atoms with E-state index in [1.54, 1.807) is 20.8 Å². The second kappa shape index (κ2) is 8.04. The van der Waals surface area contributed by atoms with Crippen molar-refractivity contribution < 1.29 is 19.1 Å². The smallest absolute Gasteiger partial charge is 0.348 e. The lowest BCUT2D eigenvalue weighted by Crippen LogP contribution is -2.18. The highest BCUT2D eigenvalue weighted by Crippen LogP contribution is 2.29. The van der Waals surface area contributed by atoms with E-state index in [-0.39, 0.29) is 29.9 Å². The molecule has 0 radical (unpaired) electrons. The van der Waals surface area contributed by atoms with Gasteiger partial charge in [0.25, 0.3) is 5.56 Å². The third kappa shape index (κ3) is 4.10. The van der Waals surface area contributed by atoms with E-state index in [0.717, 1.165) is 24.2 Å². The third-order valence-electron chi connectivity index (χ3n) is 4.51. The number of rotatable bonds is 6. The molecule has 0 fully saturated rings. The number of aryl methyl sites for hydroxylation is 1. The molecular formula is C19H22N2O5S. The second-order valence-corrected chi connectivity index (χ2v) is 7.51. The Bertz CT molecular complexity index is 959. The van der Waals surface area contributed by atoms with Gasteiger partial charge in [-0.3, -0.25) is 9.59 Å². The van der Waals surface area contributed by atoms with Crippen LogP contribution in [0.25, 0.3) is 10.2 Å². The topological polar surface area (TPSA) is 98.3 Å². The predicted molar refractivity (Wildman–Crippen MR) is 102 cm³/mol. The Morgan fingerprint density at radius 3 is 2.89 bits per heavy atom. The van der Waals surface area contributed by atoms with Gasteiger partial charge in [0.05, 0.1) is 18.4 Å². The first kappa shape index (κ1) is 19.3. The number of hydrogen-bond donors (Lipinski definition) is 1. The van der Waals surface area contributed by atoms with Crippen molar-refractivity contribution in [1.29, 1.82) is 0 Å². The highest BCUT2D eigenvalue weighted by Gasteiger charge is 2.23. The molecule has 0 bridgehead atoms. The average Bonchev–Trinajstić information content (AvgIpc) is 3.22. The Balaban J connectivity index is 1.82. The monoisotopic (exact) mass is 390 g/mol. The van der Waals surface area contributed by atoms with Gasteiger partial charge in [-0.1, -0.05) is 12.2 Å². The maximum Gasteiger partial charge on any atom is 0.348 e. The number of hydrogen-bond acceptors (Lipinski definition) is 7. The van der Waals surface area contributed by atoms with E-state index in [2.05, 4.69) is 16.0 Å². The zero-order chi connectivity index (χ0) is 19.6. The van der Waals surface area contributed by atoms with E-state index < -0.39 is 12.1 Å². The highest BCUT2D eigenvalue weighted by molar-refractivity contribution is 7.20. The van der Waals surface area contributed by atoms with Crippen molar-refractivity contribution in [2.75, 3.05) is 6.61 Å². The SMILES string of the molecule is CCOC(=O)c1sc2nc([C@@H](C)OC(=O)C[C@H]3C=CCC3)[nH]c(=O)c2c1C. The van der Waals surface area contributed by atoms with Crippen LogP contribution >= 0.6 is 11.3 Å². The summed E-state index contributed by atoms with van der Waals surface area (Å²) in [6.45, 7) is 5.34. The van der Waals surface area contributed by atoms with Gasteiger partial charge >= 0.3 is 11.9 Å². The molecule has 1 aliphatic rings. The number of fused-ring (bicyclic) bond motifs is 1. The Morgan fingerprint density at radius 1 is 1.44 bits per heavy atom. The van der Waals surface area contributed by atoms with Crippen LogP contribution in [0.15, 0.2) is 16.9 Å². The number of ether oxygens (including phenoxy) is 2. The second-order valence-electron chi connectivity index (χ2n) is 6.51. The molecular weight excluding hydrogens is 368 g/mol. The quantitative estimate of drug-likeness (QED) is 0.599. The molecule has 3 rings (SSSR count). The molecule has 0 aromatic carbocycles. The zero-order valence-corrected chi connectivity index (χ0v) is 16.4. The van der Waals surface area contributed by atoms with Crippen LogP contribution in [-0.2, 0) is 14.3 Å². The molecule has 7 nitrogen and oxygen atoms in total. The predicted octanol–water partition coefficient (Wildman–Crippen LogP) is 3.43. The molecule has 27 heavy (non-hydrogen) atoms. The molecule has 2 aromatic heterocycles. The van der Waals surface area contributed by atoms with Crippen molar-refractivity contribution in [3.8, 4) is 0 Å². The molecule has 2 aromatic rings. The zero-order valence-electron chi connectivity index (χ0n) is 15.5. The number of aromatic nitrogens is 2. The number of carbonyl (C=O) groups excluding carboxylic acids is 2. The van der Waals surface area contributed by atoms with Crippen LogP contribution in [0.2, 0.25) is 0 Å². The fourth-order valence-corrected chi connectivity index (χ4v) is 4.21. The number of allylic oxidation sites excluding steroid dienone is 2. The summed E-state index contributed by atoms with van der Waals surface area (Å²) in [7, 11) is 0. The fourth-order valence-electron chi connectivity index (χ4n) is 3.12. The normalized spacial score (nSPS) is 17.2. The Labute approximate surface area is 160 Å². The van der Waals surface area contributed by atoms with E-state index in [1.165, 1.54) is 0 Å². The molecule has 8 heteroatoms. The van der Waals surface area contributed by atoms with Gasteiger partial charge in [-0.25, -0.2) is 9.78 Å². The minimum atomic E-state index is -0.687. The van der Waals surface area contributed by atoms with Crippen molar-refractivity contribution in [3.05, 3.63) is 38.8 Å². The molecule has 2 atom stereocenters. The summed E-state index contributed by atoms with van der Waals surface area (Å²) in [6.07, 6.45) is 5.67. The number of esters is 2. The molecule has 0 unspecified atom stereocenters. The van der Waals surface area contributed by atoms with Gasteiger partial charge in [0, 0.05) is 0 Å². The minimum Gasteiger partial charge on any atom is -0.462 e.